The first-order valence-corrected chi connectivity index (χ1v) is 57.0. The molecule has 12 heterocycles. The number of fused-ring (bicyclic) bond motifs is 4. The van der Waals surface area contributed by atoms with Gasteiger partial charge in [-0.1, -0.05) is 177 Å². The summed E-state index contributed by atoms with van der Waals surface area (Å²) in [6, 6.07) is 47.1. The van der Waals surface area contributed by atoms with Crippen LogP contribution in [-0.2, 0) is 43.7 Å². The maximum atomic E-state index is 12.6. The molecule has 11 aromatic rings. The lowest BCUT2D eigenvalue weighted by Crippen LogP contribution is -2.50. The van der Waals surface area contributed by atoms with Gasteiger partial charge >= 0.3 is 31.4 Å². The van der Waals surface area contributed by atoms with E-state index in [4.69, 9.17) is 144 Å². The van der Waals surface area contributed by atoms with Crippen molar-refractivity contribution in [2.24, 2.45) is 5.73 Å². The number of aromatic nitrogens is 12. The van der Waals surface area contributed by atoms with Crippen molar-refractivity contribution in [2.45, 2.75) is 281 Å². The molecule has 33 nitrogen and oxygen atoms in total. The Labute approximate surface area is 861 Å². The van der Waals surface area contributed by atoms with Gasteiger partial charge in [-0.2, -0.15) is 42.6 Å². The van der Waals surface area contributed by atoms with Crippen LogP contribution in [0, 0.1) is 0 Å². The van der Waals surface area contributed by atoms with Gasteiger partial charge in [-0.05, 0) is 173 Å². The van der Waals surface area contributed by atoms with E-state index in [0.29, 0.717) is 89.5 Å². The second-order valence-electron chi connectivity index (χ2n) is 33.0. The Bertz CT molecular complexity index is 5480. The van der Waals surface area contributed by atoms with E-state index in [1.807, 2.05) is 58.0 Å². The maximum Gasteiger partial charge on any atom is 0.354 e. The number of cyclic esters (lactones) is 1. The number of carbonyl (C=O) groups is 4. The number of esters is 4. The van der Waals surface area contributed by atoms with E-state index >= 15 is 0 Å². The molecular weight excluding hydrogens is 2060 g/mol. The predicted octanol–water partition coefficient (Wildman–Crippen LogP) is 19.0. The van der Waals surface area contributed by atoms with Crippen LogP contribution in [0.1, 0.15) is 192 Å². The second-order valence-corrected chi connectivity index (χ2v) is 55.2. The molecule has 4 aliphatic rings. The molecule has 0 aliphatic carbocycles. The number of alkyl halides is 4. The highest BCUT2D eigenvalue weighted by atomic mass is 79.9. The quantitative estimate of drug-likeness (QED) is 0.00846. The van der Waals surface area contributed by atoms with Gasteiger partial charge < -0.3 is 91.7 Å². The first kappa shape index (κ1) is 130. The summed E-state index contributed by atoms with van der Waals surface area (Å²) in [5.74, 6) is -2.54. The topological polar surface area (TPSA) is 485 Å². The minimum atomic E-state index is -1.98. The molecule has 4 fully saturated rings. The van der Waals surface area contributed by atoms with E-state index < -0.39 is 119 Å². The van der Waals surface area contributed by atoms with Crippen molar-refractivity contribution in [3.63, 3.8) is 0 Å². The molecule has 779 valence electrons. The van der Waals surface area contributed by atoms with Crippen molar-refractivity contribution in [3.05, 3.63) is 203 Å². The number of anilines is 4. The third kappa shape index (κ3) is 33.9. The van der Waals surface area contributed by atoms with Crippen molar-refractivity contribution in [1.29, 1.82) is 0 Å². The molecule has 140 heavy (non-hydrogen) atoms. The molecule has 0 spiro atoms. The predicted molar refractivity (Wildman–Crippen MR) is 565 cm³/mol. The standard InChI is InChI=1S/C20H21ClN4O4.C20H21ClN4O3.C14H15ClO4.C12H15ClN4O3.C6H5BrN4.C6H16Cl2Si2.C6H16Si.C2H5BF.C2H6O.CH5NO.4CH4.F2/c1-3-14-16(28-18(26)12-7-5-4-6-8-12)19(2,21)20(27,29-14)15-10-9-13-17(22)23-11-24-25(13)15;1-3-15-17(28-19(26)12-7-5-4-6-8-12)20(2,21)16(27-15)13-9-10-14-18(22)23-11-24-25(13)14;1-3-10-11(14(2,15)13(17)18-10)19-12(16)9-7-5-4-6-8-9;1-12(13)9(19)8(4-18)20-10(12)6-2-3-7-11(14)15-5-16-17(6)7;7-5-2-1-4-6(8)9-3-10-11(4)5;1-9(2,7)5-6-10(3,4)8;1-4-7(5-2)6-3;1-2-3-4;1-2-3;2-1-3;;;;;1-2/h4-11,14,16,27H,3H2,1-2H3,(H2,22,23,24);4-11,15-17H,3H2,1-2H3,(H2,22,23,24);4-8,10-11H,3H2,1-2H3;2-3,5,8-10,18-19H,4H2,1H3,(H2,14,15,16);1-3H,(H2,8,9,10);5-6H2,1-4H3;7H,4-6H2,1-3H3;2H2,1H3;3H,2H2,1H3;3H,1-2H2;4*1H4;/t14-,16-,19-,20?;15-,16?,17-,20+;10-,11-,14-;8-,9-,10+,12-;;;;;;;;;;;/m1111.........../s1. The summed E-state index contributed by atoms with van der Waals surface area (Å²) in [5, 5.41) is 62.4. The third-order valence-electron chi connectivity index (χ3n) is 22.0. The minimum absolute atomic E-state index is 0. The Hall–Kier alpha value is -8.41. The first-order chi connectivity index (χ1) is 64.2. The summed E-state index contributed by atoms with van der Waals surface area (Å²) < 4.78 is 73.8. The van der Waals surface area contributed by atoms with Crippen LogP contribution in [0.25, 0.3) is 22.1 Å². The summed E-state index contributed by atoms with van der Waals surface area (Å²) in [7, 11) is -2.24. The van der Waals surface area contributed by atoms with Gasteiger partial charge in [0, 0.05) is 24.6 Å². The highest BCUT2D eigenvalue weighted by molar-refractivity contribution is 9.10. The molecule has 8 aromatic heterocycles. The van der Waals surface area contributed by atoms with E-state index in [-0.39, 0.29) is 76.1 Å². The molecule has 4 saturated heterocycles. The van der Waals surface area contributed by atoms with Crippen LogP contribution in [0.2, 0.25) is 62.7 Å². The number of ether oxygens (including phenoxy) is 7. The van der Waals surface area contributed by atoms with Crippen LogP contribution in [0.15, 0.2) is 169 Å². The normalized spacial score (nSPS) is 23.2. The van der Waals surface area contributed by atoms with Crippen molar-refractivity contribution >= 4 is 185 Å². The van der Waals surface area contributed by atoms with Gasteiger partial charge in [0.1, 0.15) is 130 Å². The molecule has 15 rings (SSSR count). The van der Waals surface area contributed by atoms with Gasteiger partial charge in [-0.25, -0.2) is 57.2 Å². The van der Waals surface area contributed by atoms with Gasteiger partial charge in [0.2, 0.25) is 5.79 Å². The maximum absolute atomic E-state index is 12.6. The number of aliphatic hydroxyl groups is 5. The fraction of sp³-hybridized carbons (Fsp3) is 0.505. The Morgan fingerprint density at radius 1 is 0.514 bits per heavy atom. The van der Waals surface area contributed by atoms with Gasteiger partial charge in [0.15, 0.2) is 40.4 Å². The third-order valence-corrected chi connectivity index (χ3v) is 32.3. The number of rotatable bonds is 20. The molecule has 0 amide bonds. The average molecular weight is 2200 g/mol. The molecule has 4 aliphatic heterocycles. The largest absolute Gasteiger partial charge is 0.457 e. The van der Waals surface area contributed by atoms with Crippen LogP contribution in [-0.4, -0.2) is 227 Å². The number of hydrogen-bond acceptors (Lipinski definition) is 29. The number of nitrogen functional groups attached to an aromatic ring is 4. The van der Waals surface area contributed by atoms with Crippen LogP contribution in [0.4, 0.5) is 36.7 Å². The highest BCUT2D eigenvalue weighted by Gasteiger charge is 2.66. The molecule has 47 heteroatoms. The van der Waals surface area contributed by atoms with E-state index in [1.54, 1.807) is 150 Å². The van der Waals surface area contributed by atoms with Crippen LogP contribution >= 0.6 is 84.5 Å². The molecule has 15 N–H and O–H groups in total. The monoisotopic (exact) mass is 2190 g/mol. The zero-order chi connectivity index (χ0) is 102. The van der Waals surface area contributed by atoms with Crippen LogP contribution in [0.5, 0.6) is 0 Å². The lowest BCUT2D eigenvalue weighted by Gasteiger charge is -2.34. The number of halogens is 10. The van der Waals surface area contributed by atoms with Crippen LogP contribution in [0.3, 0.4) is 0 Å². The molecule has 2 unspecified atom stereocenters. The summed E-state index contributed by atoms with van der Waals surface area (Å²) >= 11 is 41.9. The molecule has 1 radical (unpaired) electrons. The zero-order valence-corrected chi connectivity index (χ0v) is 88.0. The number of benzene rings is 3. The lowest BCUT2D eigenvalue weighted by atomic mass is 9.91. The Morgan fingerprint density at radius 3 is 1.19 bits per heavy atom. The van der Waals surface area contributed by atoms with Gasteiger partial charge in [0.05, 0.1) is 47.5 Å². The highest BCUT2D eigenvalue weighted by Crippen LogP contribution is 2.53. The van der Waals surface area contributed by atoms with Gasteiger partial charge in [-0.15, -0.1) is 46.4 Å². The van der Waals surface area contributed by atoms with E-state index in [1.165, 1.54) is 54.9 Å². The summed E-state index contributed by atoms with van der Waals surface area (Å²) in [6.07, 6.45) is 0.972. The zero-order valence-electron chi connectivity index (χ0n) is 78.8. The van der Waals surface area contributed by atoms with Crippen molar-refractivity contribution in [2.75, 3.05) is 42.9 Å². The van der Waals surface area contributed by atoms with Crippen molar-refractivity contribution in [1.82, 2.24) is 58.4 Å². The number of aliphatic hydroxyl groups excluding tert-OH is 4. The molecular formula is C93H141BBrCl6F3N17O16Si3. The van der Waals surface area contributed by atoms with E-state index in [2.05, 4.69) is 109 Å². The number of carbonyl (C=O) groups excluding carboxylic acids is 4. The van der Waals surface area contributed by atoms with E-state index in [0.717, 1.165) is 27.9 Å². The van der Waals surface area contributed by atoms with E-state index in [9.17, 15) is 38.8 Å². The lowest BCUT2D eigenvalue weighted by molar-refractivity contribution is -0.216. The Balaban J connectivity index is 0.000000826. The number of hydrogen-bond donors (Lipinski definition) is 10. The SMILES string of the molecule is C.C.C.C.CCO.CC[B]F.CC[C@H]1OC(=O)[C@](C)(Cl)[C@@H]1OC(=O)c1ccccc1.CC[C@H]1OC(O)(c2ccc3c(N)ncnn23)[C@](C)(Cl)[C@@H]1OC(=O)c1ccccc1.CC[C@H]1OC(c2ccc3c(N)ncnn23)[C@](C)(Cl)[C@@H]1OC(=O)c1ccccc1.CC[SiH](CC)CC.C[C@@]1(Cl)[C@H](O)[C@@H](CO)O[C@H]1c1ccc2c(N)ncnn12.C[Si](C)(Cl)CC[Si](C)(C)Cl.FF.NCO.Nc1ncnn2c(Br)ccc12. The Kier molecular flexibility index (Phi) is 55.9. The second kappa shape index (κ2) is 60.4. The summed E-state index contributed by atoms with van der Waals surface area (Å²) in [6.45, 7) is 31.0. The smallest absolute Gasteiger partial charge is 0.354 e. The van der Waals surface area contributed by atoms with Gasteiger partial charge in [-0.3, -0.25) is 0 Å². The fourth-order valence-corrected chi connectivity index (χ4v) is 24.2. The fourth-order valence-electron chi connectivity index (χ4n) is 14.4. The average Bonchev–Trinajstić information content (AvgIpc) is 1.55. The number of nitrogens with zero attached hydrogens (tertiary/aromatic N) is 12. The minimum Gasteiger partial charge on any atom is -0.457 e. The number of nitrogens with two attached hydrogens (primary N) is 5. The van der Waals surface area contributed by atoms with Crippen LogP contribution < -0.4 is 28.7 Å². The summed E-state index contributed by atoms with van der Waals surface area (Å²) in [4.78, 5) is 59.8. The van der Waals surface area contributed by atoms with Crippen molar-refractivity contribution < 1.29 is 91.3 Å². The molecule has 0 bridgehead atoms. The summed E-state index contributed by atoms with van der Waals surface area (Å²) in [5.41, 5.74) is 33.2. The van der Waals surface area contributed by atoms with Gasteiger partial charge in [0.25, 0.3) is 0 Å². The first-order valence-electron chi connectivity index (χ1n) is 43.8. The molecule has 0 saturated carbocycles. The molecule has 3 aromatic carbocycles. The Morgan fingerprint density at radius 2 is 0.843 bits per heavy atom. The van der Waals surface area contributed by atoms with Crippen molar-refractivity contribution in [3.8, 4) is 0 Å². The molecule has 15 atom stereocenters.